The Labute approximate surface area is 120 Å². The van der Waals surface area contributed by atoms with E-state index in [9.17, 15) is 4.79 Å². The van der Waals surface area contributed by atoms with Gasteiger partial charge in [0.2, 0.25) is 0 Å². The Hall–Kier alpha value is -1.24. The lowest BCUT2D eigenvalue weighted by Gasteiger charge is -2.11. The summed E-state index contributed by atoms with van der Waals surface area (Å²) in [6.45, 7) is 1.94. The first kappa shape index (κ1) is 14.2. The van der Waals surface area contributed by atoms with Crippen LogP contribution in [0, 0.1) is 0 Å². The molecule has 0 bridgehead atoms. The molecule has 0 saturated heterocycles. The average molecular weight is 299 g/mol. The summed E-state index contributed by atoms with van der Waals surface area (Å²) in [5.74, 6) is 0. The third kappa shape index (κ3) is 3.40. The standard InChI is InChI=1S/C12H15ClN4OS/c1-7(14)5-8-6-9(13)3-4-10(8)19-12-16-15-11(18)17(12)2/h3-4,6-7H,5,14H2,1-2H3,(H,15,18). The van der Waals surface area contributed by atoms with Crippen molar-refractivity contribution in [2.24, 2.45) is 12.8 Å². The Bertz CT molecular complexity index is 635. The first-order valence-corrected chi connectivity index (χ1v) is 7.00. The fourth-order valence-corrected chi connectivity index (χ4v) is 2.79. The number of halogens is 1. The van der Waals surface area contributed by atoms with Crippen LogP contribution in [-0.2, 0) is 13.5 Å². The lowest BCUT2D eigenvalue weighted by Crippen LogP contribution is -2.18. The molecule has 0 spiro atoms. The van der Waals surface area contributed by atoms with Gasteiger partial charge in [0, 0.05) is 23.0 Å². The van der Waals surface area contributed by atoms with Crippen LogP contribution in [0.25, 0.3) is 0 Å². The molecule has 2 aromatic rings. The van der Waals surface area contributed by atoms with Gasteiger partial charge in [0.05, 0.1) is 0 Å². The van der Waals surface area contributed by atoms with E-state index in [-0.39, 0.29) is 11.7 Å². The second-order valence-corrected chi connectivity index (χ2v) is 5.85. The monoisotopic (exact) mass is 298 g/mol. The molecule has 2 rings (SSSR count). The largest absolute Gasteiger partial charge is 0.343 e. The van der Waals surface area contributed by atoms with E-state index < -0.39 is 0 Å². The van der Waals surface area contributed by atoms with Gasteiger partial charge in [0.1, 0.15) is 0 Å². The third-order valence-corrected chi connectivity index (χ3v) is 4.01. The predicted octanol–water partition coefficient (Wildman–Crippen LogP) is 1.80. The van der Waals surface area contributed by atoms with Gasteiger partial charge in [0.25, 0.3) is 0 Å². The van der Waals surface area contributed by atoms with Crippen LogP contribution in [0.2, 0.25) is 5.02 Å². The van der Waals surface area contributed by atoms with E-state index in [0.29, 0.717) is 10.2 Å². The average Bonchev–Trinajstić information content (AvgIpc) is 2.64. The second-order valence-electron chi connectivity index (χ2n) is 4.41. The highest BCUT2D eigenvalue weighted by molar-refractivity contribution is 7.99. The molecule has 0 radical (unpaired) electrons. The number of aromatic amines is 1. The van der Waals surface area contributed by atoms with Crippen molar-refractivity contribution < 1.29 is 0 Å². The lowest BCUT2D eigenvalue weighted by molar-refractivity contribution is 0.728. The molecule has 5 nitrogen and oxygen atoms in total. The summed E-state index contributed by atoms with van der Waals surface area (Å²) in [7, 11) is 1.68. The lowest BCUT2D eigenvalue weighted by atomic mass is 10.1. The van der Waals surface area contributed by atoms with Gasteiger partial charge in [-0.1, -0.05) is 11.6 Å². The molecule has 0 aliphatic rings. The number of benzene rings is 1. The van der Waals surface area contributed by atoms with E-state index in [1.165, 1.54) is 16.3 Å². The molecule has 0 aliphatic carbocycles. The summed E-state index contributed by atoms with van der Waals surface area (Å²) in [5, 5.41) is 7.68. The van der Waals surface area contributed by atoms with Crippen molar-refractivity contribution in [2.75, 3.05) is 0 Å². The number of nitrogens with zero attached hydrogens (tertiary/aromatic N) is 2. The zero-order valence-electron chi connectivity index (χ0n) is 10.7. The fourth-order valence-electron chi connectivity index (χ4n) is 1.68. The molecule has 1 heterocycles. The molecule has 19 heavy (non-hydrogen) atoms. The molecule has 7 heteroatoms. The van der Waals surface area contributed by atoms with Crippen LogP contribution >= 0.6 is 23.4 Å². The molecule has 0 fully saturated rings. The van der Waals surface area contributed by atoms with Crippen LogP contribution in [0.3, 0.4) is 0 Å². The molecule has 1 atom stereocenters. The van der Waals surface area contributed by atoms with Crippen molar-refractivity contribution in [1.29, 1.82) is 0 Å². The molecule has 0 aliphatic heterocycles. The van der Waals surface area contributed by atoms with Crippen molar-refractivity contribution >= 4 is 23.4 Å². The maximum atomic E-state index is 11.3. The highest BCUT2D eigenvalue weighted by Gasteiger charge is 2.11. The Morgan fingerprint density at radius 2 is 2.32 bits per heavy atom. The number of nitrogens with one attached hydrogen (secondary N) is 1. The zero-order valence-corrected chi connectivity index (χ0v) is 12.3. The van der Waals surface area contributed by atoms with Gasteiger partial charge in [-0.05, 0) is 48.9 Å². The quantitative estimate of drug-likeness (QED) is 0.902. The Morgan fingerprint density at radius 3 is 2.89 bits per heavy atom. The summed E-state index contributed by atoms with van der Waals surface area (Å²) in [4.78, 5) is 12.3. The first-order chi connectivity index (χ1) is 8.97. The molecule has 1 aromatic heterocycles. The summed E-state index contributed by atoms with van der Waals surface area (Å²) in [6, 6.07) is 5.68. The summed E-state index contributed by atoms with van der Waals surface area (Å²) >= 11 is 7.43. The molecule has 3 N–H and O–H groups in total. The van der Waals surface area contributed by atoms with Gasteiger partial charge < -0.3 is 5.73 Å². The zero-order chi connectivity index (χ0) is 14.0. The highest BCUT2D eigenvalue weighted by atomic mass is 35.5. The maximum absolute atomic E-state index is 11.3. The minimum absolute atomic E-state index is 0.0424. The Morgan fingerprint density at radius 1 is 1.58 bits per heavy atom. The number of hydrogen-bond acceptors (Lipinski definition) is 4. The van der Waals surface area contributed by atoms with Crippen LogP contribution in [0.1, 0.15) is 12.5 Å². The molecular weight excluding hydrogens is 284 g/mol. The van der Waals surface area contributed by atoms with Crippen LogP contribution in [0.4, 0.5) is 0 Å². The Balaban J connectivity index is 2.34. The van der Waals surface area contributed by atoms with E-state index in [2.05, 4.69) is 10.2 Å². The number of hydrogen-bond donors (Lipinski definition) is 2. The molecule has 0 saturated carbocycles. The minimum atomic E-state index is -0.231. The van der Waals surface area contributed by atoms with Crippen molar-refractivity contribution in [3.8, 4) is 0 Å². The van der Waals surface area contributed by atoms with Gasteiger partial charge in [-0.2, -0.15) is 0 Å². The SMILES string of the molecule is CC(N)Cc1cc(Cl)ccc1Sc1n[nH]c(=O)n1C. The summed E-state index contributed by atoms with van der Waals surface area (Å²) in [6.07, 6.45) is 0.723. The van der Waals surface area contributed by atoms with E-state index in [0.717, 1.165) is 16.9 Å². The van der Waals surface area contributed by atoms with Crippen molar-refractivity contribution in [2.45, 2.75) is 29.4 Å². The molecule has 1 aromatic carbocycles. The molecule has 102 valence electrons. The van der Waals surface area contributed by atoms with Crippen molar-refractivity contribution in [1.82, 2.24) is 14.8 Å². The smallest absolute Gasteiger partial charge is 0.328 e. The maximum Gasteiger partial charge on any atom is 0.343 e. The summed E-state index contributed by atoms with van der Waals surface area (Å²) in [5.41, 5.74) is 6.67. The van der Waals surface area contributed by atoms with Gasteiger partial charge in [-0.3, -0.25) is 4.57 Å². The van der Waals surface area contributed by atoms with Crippen molar-refractivity contribution in [3.05, 3.63) is 39.3 Å². The first-order valence-electron chi connectivity index (χ1n) is 5.80. The Kier molecular flexibility index (Phi) is 4.34. The van der Waals surface area contributed by atoms with Gasteiger partial charge >= 0.3 is 5.69 Å². The molecule has 0 amide bonds. The normalized spacial score (nSPS) is 12.6. The number of aromatic nitrogens is 3. The summed E-state index contributed by atoms with van der Waals surface area (Å²) < 4.78 is 1.47. The van der Waals surface area contributed by atoms with Crippen LogP contribution in [0.5, 0.6) is 0 Å². The van der Waals surface area contributed by atoms with E-state index in [4.69, 9.17) is 17.3 Å². The van der Waals surface area contributed by atoms with E-state index in [1.54, 1.807) is 7.05 Å². The van der Waals surface area contributed by atoms with Crippen molar-refractivity contribution in [3.63, 3.8) is 0 Å². The number of H-pyrrole nitrogens is 1. The number of rotatable bonds is 4. The van der Waals surface area contributed by atoms with E-state index >= 15 is 0 Å². The van der Waals surface area contributed by atoms with Gasteiger partial charge in [0.15, 0.2) is 5.16 Å². The van der Waals surface area contributed by atoms with Crippen LogP contribution < -0.4 is 11.4 Å². The second kappa shape index (κ2) is 5.81. The highest BCUT2D eigenvalue weighted by Crippen LogP contribution is 2.30. The molecular formula is C12H15ClN4OS. The van der Waals surface area contributed by atoms with Gasteiger partial charge in [-0.15, -0.1) is 5.10 Å². The fraction of sp³-hybridized carbons (Fsp3) is 0.333. The van der Waals surface area contributed by atoms with Crippen LogP contribution in [-0.4, -0.2) is 20.8 Å². The topological polar surface area (TPSA) is 76.7 Å². The third-order valence-electron chi connectivity index (χ3n) is 2.60. The predicted molar refractivity (Wildman–Crippen MR) is 76.8 cm³/mol. The van der Waals surface area contributed by atoms with E-state index in [1.807, 2.05) is 25.1 Å². The minimum Gasteiger partial charge on any atom is -0.328 e. The number of nitrogens with two attached hydrogens (primary N) is 1. The molecule has 1 unspecified atom stereocenters. The van der Waals surface area contributed by atoms with Gasteiger partial charge in [-0.25, -0.2) is 9.89 Å². The van der Waals surface area contributed by atoms with Crippen LogP contribution in [0.15, 0.2) is 33.0 Å².